The Morgan fingerprint density at radius 3 is 2.60 bits per heavy atom. The van der Waals surface area contributed by atoms with Crippen molar-refractivity contribution in [2.45, 2.75) is 26.7 Å². The predicted octanol–water partition coefficient (Wildman–Crippen LogP) is 3.05. The van der Waals surface area contributed by atoms with Crippen LogP contribution in [0.15, 0.2) is 6.07 Å². The van der Waals surface area contributed by atoms with Gasteiger partial charge < -0.3 is 4.57 Å². The van der Waals surface area contributed by atoms with Crippen LogP contribution in [0.25, 0.3) is 11.0 Å². The fourth-order valence-electron chi connectivity index (χ4n) is 1.74. The molecule has 0 aliphatic rings. The van der Waals surface area contributed by atoms with Crippen LogP contribution in [-0.2, 0) is 7.05 Å². The van der Waals surface area contributed by atoms with Crippen molar-refractivity contribution in [1.29, 1.82) is 0 Å². The molecule has 0 atom stereocenters. The van der Waals surface area contributed by atoms with E-state index in [0.717, 1.165) is 22.6 Å². The van der Waals surface area contributed by atoms with Crippen LogP contribution in [0.5, 0.6) is 0 Å². The van der Waals surface area contributed by atoms with Gasteiger partial charge in [0, 0.05) is 12.4 Å². The second-order valence-electron chi connectivity index (χ2n) is 4.07. The van der Waals surface area contributed by atoms with Gasteiger partial charge in [-0.15, -0.1) is 0 Å². The summed E-state index contributed by atoms with van der Waals surface area (Å²) in [5.41, 5.74) is 1.98. The zero-order valence-corrected chi connectivity index (χ0v) is 10.1. The summed E-state index contributed by atoms with van der Waals surface area (Å²) in [6.07, 6.45) is 0. The van der Waals surface area contributed by atoms with E-state index in [-0.39, 0.29) is 0 Å². The quantitative estimate of drug-likeness (QED) is 0.744. The van der Waals surface area contributed by atoms with Crippen LogP contribution in [0.4, 0.5) is 0 Å². The molecule has 0 aromatic carbocycles. The summed E-state index contributed by atoms with van der Waals surface area (Å²) in [7, 11) is 1.92. The summed E-state index contributed by atoms with van der Waals surface area (Å²) in [4.78, 5) is 8.88. The lowest BCUT2D eigenvalue weighted by Crippen LogP contribution is -2.00. The Kier molecular flexibility index (Phi) is 2.43. The van der Waals surface area contributed by atoms with Gasteiger partial charge in [-0.25, -0.2) is 9.97 Å². The first-order chi connectivity index (χ1) is 7.00. The van der Waals surface area contributed by atoms with Crippen molar-refractivity contribution in [3.05, 3.63) is 22.7 Å². The molecular formula is C11H14ClN3. The Morgan fingerprint density at radius 1 is 1.33 bits per heavy atom. The predicted molar refractivity (Wildman–Crippen MR) is 62.3 cm³/mol. The highest BCUT2D eigenvalue weighted by atomic mass is 35.5. The van der Waals surface area contributed by atoms with Crippen LogP contribution < -0.4 is 0 Å². The van der Waals surface area contributed by atoms with Crippen molar-refractivity contribution >= 4 is 22.6 Å². The number of fused-ring (bicyclic) bond motifs is 1. The molecule has 0 saturated carbocycles. The molecule has 0 spiro atoms. The molecule has 2 heterocycles. The third kappa shape index (κ3) is 1.61. The number of halogens is 1. The van der Waals surface area contributed by atoms with Gasteiger partial charge in [-0.3, -0.25) is 0 Å². The first-order valence-electron chi connectivity index (χ1n) is 5.00. The molecule has 0 N–H and O–H groups in total. The number of hydrogen-bond donors (Lipinski definition) is 0. The summed E-state index contributed by atoms with van der Waals surface area (Å²) in [5.74, 6) is 1.18. The molecular weight excluding hydrogens is 210 g/mol. The van der Waals surface area contributed by atoms with Crippen molar-refractivity contribution in [2.24, 2.45) is 7.05 Å². The van der Waals surface area contributed by atoms with E-state index in [0.29, 0.717) is 11.1 Å². The van der Waals surface area contributed by atoms with Crippen LogP contribution in [-0.4, -0.2) is 14.5 Å². The minimum Gasteiger partial charge on any atom is -0.319 e. The normalized spacial score (nSPS) is 11.6. The first kappa shape index (κ1) is 10.4. The second-order valence-corrected chi connectivity index (χ2v) is 4.46. The Balaban J connectivity index is 2.86. The first-order valence-corrected chi connectivity index (χ1v) is 5.38. The summed E-state index contributed by atoms with van der Waals surface area (Å²) < 4.78 is 1.89. The van der Waals surface area contributed by atoms with Gasteiger partial charge in [0.2, 0.25) is 0 Å². The smallest absolute Gasteiger partial charge is 0.144 e. The van der Waals surface area contributed by atoms with E-state index in [1.165, 1.54) is 0 Å². The average molecular weight is 224 g/mol. The molecule has 2 aromatic heterocycles. The molecule has 0 bridgehead atoms. The van der Waals surface area contributed by atoms with Crippen LogP contribution in [0.2, 0.25) is 5.15 Å². The lowest BCUT2D eigenvalue weighted by Gasteiger charge is -2.07. The van der Waals surface area contributed by atoms with Crippen LogP contribution >= 0.6 is 11.6 Å². The zero-order valence-electron chi connectivity index (χ0n) is 9.37. The van der Waals surface area contributed by atoms with Gasteiger partial charge in [0.05, 0.1) is 5.69 Å². The van der Waals surface area contributed by atoms with Crippen molar-refractivity contribution in [3.63, 3.8) is 0 Å². The maximum atomic E-state index is 6.08. The standard InChI is InChI=1S/C11H14ClN3/c1-6(2)10-8-5-9(12)15(4)11(8)14-7(3)13-10/h5-6H,1-4H3. The Bertz CT molecular complexity index is 514. The molecule has 4 heteroatoms. The molecule has 0 aliphatic heterocycles. The number of hydrogen-bond acceptors (Lipinski definition) is 2. The average Bonchev–Trinajstić information content (AvgIpc) is 2.43. The van der Waals surface area contributed by atoms with E-state index >= 15 is 0 Å². The molecule has 2 rings (SSSR count). The van der Waals surface area contributed by atoms with Crippen LogP contribution in [0, 0.1) is 6.92 Å². The van der Waals surface area contributed by atoms with Gasteiger partial charge in [-0.1, -0.05) is 25.4 Å². The van der Waals surface area contributed by atoms with Crippen LogP contribution in [0.1, 0.15) is 31.3 Å². The highest BCUT2D eigenvalue weighted by Gasteiger charge is 2.13. The van der Waals surface area contributed by atoms with Crippen molar-refractivity contribution in [3.8, 4) is 0 Å². The third-order valence-electron chi connectivity index (χ3n) is 2.52. The van der Waals surface area contributed by atoms with Gasteiger partial charge in [0.25, 0.3) is 0 Å². The Labute approximate surface area is 94.1 Å². The number of rotatable bonds is 1. The van der Waals surface area contributed by atoms with E-state index in [2.05, 4.69) is 23.8 Å². The minimum atomic E-state index is 0.382. The lowest BCUT2D eigenvalue weighted by atomic mass is 10.1. The monoisotopic (exact) mass is 223 g/mol. The molecule has 15 heavy (non-hydrogen) atoms. The topological polar surface area (TPSA) is 30.7 Å². The van der Waals surface area contributed by atoms with Crippen LogP contribution in [0.3, 0.4) is 0 Å². The van der Waals surface area contributed by atoms with Gasteiger partial charge in [-0.2, -0.15) is 0 Å². The molecule has 0 saturated heterocycles. The highest BCUT2D eigenvalue weighted by Crippen LogP contribution is 2.27. The SMILES string of the molecule is Cc1nc(C(C)C)c2cc(Cl)n(C)c2n1. The maximum Gasteiger partial charge on any atom is 0.144 e. The van der Waals surface area contributed by atoms with E-state index in [1.807, 2.05) is 24.6 Å². The number of aryl methyl sites for hydroxylation is 2. The molecule has 3 nitrogen and oxygen atoms in total. The largest absolute Gasteiger partial charge is 0.319 e. The third-order valence-corrected chi connectivity index (χ3v) is 2.88. The fourth-order valence-corrected chi connectivity index (χ4v) is 1.93. The molecule has 0 aliphatic carbocycles. The summed E-state index contributed by atoms with van der Waals surface area (Å²) in [6.45, 7) is 6.16. The van der Waals surface area contributed by atoms with E-state index in [9.17, 15) is 0 Å². The number of nitrogens with zero attached hydrogens (tertiary/aromatic N) is 3. The van der Waals surface area contributed by atoms with Crippen molar-refractivity contribution < 1.29 is 0 Å². The number of aromatic nitrogens is 3. The van der Waals surface area contributed by atoms with E-state index in [1.54, 1.807) is 0 Å². The second kappa shape index (κ2) is 3.49. The Hall–Kier alpha value is -1.09. The zero-order chi connectivity index (χ0) is 11.2. The summed E-state index contributed by atoms with van der Waals surface area (Å²) in [5, 5.41) is 1.76. The Morgan fingerprint density at radius 2 is 2.00 bits per heavy atom. The van der Waals surface area contributed by atoms with Crippen molar-refractivity contribution in [1.82, 2.24) is 14.5 Å². The van der Waals surface area contributed by atoms with E-state index < -0.39 is 0 Å². The summed E-state index contributed by atoms with van der Waals surface area (Å²) >= 11 is 6.08. The molecule has 0 amide bonds. The summed E-state index contributed by atoms with van der Waals surface area (Å²) in [6, 6.07) is 1.94. The molecule has 0 radical (unpaired) electrons. The maximum absolute atomic E-state index is 6.08. The minimum absolute atomic E-state index is 0.382. The molecule has 0 unspecified atom stereocenters. The van der Waals surface area contributed by atoms with Gasteiger partial charge in [0.1, 0.15) is 16.6 Å². The molecule has 2 aromatic rings. The lowest BCUT2D eigenvalue weighted by molar-refractivity contribution is 0.813. The fraction of sp³-hybridized carbons (Fsp3) is 0.455. The highest BCUT2D eigenvalue weighted by molar-refractivity contribution is 6.30. The van der Waals surface area contributed by atoms with Gasteiger partial charge in [0.15, 0.2) is 0 Å². The van der Waals surface area contributed by atoms with Gasteiger partial charge in [-0.05, 0) is 18.9 Å². The molecule has 0 fully saturated rings. The van der Waals surface area contributed by atoms with Gasteiger partial charge >= 0.3 is 0 Å². The van der Waals surface area contributed by atoms with Crippen molar-refractivity contribution in [2.75, 3.05) is 0 Å². The van der Waals surface area contributed by atoms with E-state index in [4.69, 9.17) is 11.6 Å². The molecule has 80 valence electrons.